The molecule has 1 aromatic rings. The molecule has 7 heteroatoms. The van der Waals surface area contributed by atoms with Crippen molar-refractivity contribution in [2.24, 2.45) is 0 Å². The van der Waals surface area contributed by atoms with Crippen molar-refractivity contribution < 1.29 is 5.21 Å². The second-order valence-electron chi connectivity index (χ2n) is 3.16. The van der Waals surface area contributed by atoms with Crippen molar-refractivity contribution >= 4 is 17.8 Å². The summed E-state index contributed by atoms with van der Waals surface area (Å²) in [5.74, 6) is 1.10. The fourth-order valence-electron chi connectivity index (χ4n) is 0.804. The molecule has 0 saturated heterocycles. The lowest BCUT2D eigenvalue weighted by Crippen LogP contribution is -2.19. The molecule has 0 amide bonds. The van der Waals surface area contributed by atoms with Crippen LogP contribution in [0, 0.1) is 0 Å². The first-order chi connectivity index (χ1) is 6.54. The van der Waals surface area contributed by atoms with E-state index < -0.39 is 0 Å². The summed E-state index contributed by atoms with van der Waals surface area (Å²) in [5.41, 5.74) is 1.90. The monoisotopic (exact) mass is 198 g/mol. The maximum absolute atomic E-state index is 8.71. The molecule has 0 aliphatic carbocycles. The zero-order valence-electron chi connectivity index (χ0n) is 8.68. The lowest BCUT2D eigenvalue weighted by molar-refractivity contribution is 0.382. The first-order valence-corrected chi connectivity index (χ1v) is 4.05. The molecule has 0 aromatic carbocycles. The maximum Gasteiger partial charge on any atom is 0.253 e. The summed E-state index contributed by atoms with van der Waals surface area (Å²) in [4.78, 5) is 15.5. The quantitative estimate of drug-likeness (QED) is 0.651. The van der Waals surface area contributed by atoms with Crippen molar-refractivity contribution in [3.63, 3.8) is 0 Å². The minimum absolute atomic E-state index is 0.132. The minimum atomic E-state index is 0.132. The lowest BCUT2D eigenvalue weighted by atomic mass is 10.7. The average molecular weight is 198 g/mol. The van der Waals surface area contributed by atoms with Gasteiger partial charge in [-0.2, -0.15) is 15.0 Å². The number of anilines is 3. The Morgan fingerprint density at radius 2 is 1.36 bits per heavy atom. The lowest BCUT2D eigenvalue weighted by Gasteiger charge is -2.15. The first kappa shape index (κ1) is 10.5. The molecule has 0 unspecified atom stereocenters. The molecule has 0 aliphatic rings. The van der Waals surface area contributed by atoms with Gasteiger partial charge in [0.15, 0.2) is 0 Å². The third-order valence-corrected chi connectivity index (χ3v) is 1.51. The Morgan fingerprint density at radius 3 is 1.64 bits per heavy atom. The Bertz CT molecular complexity index is 287. The summed E-state index contributed by atoms with van der Waals surface area (Å²) in [6.45, 7) is 0. The average Bonchev–Trinajstić information content (AvgIpc) is 2.16. The number of hydrogen-bond donors (Lipinski definition) is 2. The summed E-state index contributed by atoms with van der Waals surface area (Å²) in [6.07, 6.45) is 0. The van der Waals surface area contributed by atoms with Gasteiger partial charge in [-0.25, -0.2) is 5.48 Å². The van der Waals surface area contributed by atoms with Crippen molar-refractivity contribution in [2.45, 2.75) is 0 Å². The van der Waals surface area contributed by atoms with Gasteiger partial charge in [0.1, 0.15) is 0 Å². The molecule has 0 fully saturated rings. The number of nitrogens with zero attached hydrogens (tertiary/aromatic N) is 5. The summed E-state index contributed by atoms with van der Waals surface area (Å²) >= 11 is 0. The van der Waals surface area contributed by atoms with E-state index >= 15 is 0 Å². The predicted octanol–water partition coefficient (Wildman–Crippen LogP) is -0.195. The van der Waals surface area contributed by atoms with E-state index in [4.69, 9.17) is 5.21 Å². The molecular formula is C7H14N6O. The van der Waals surface area contributed by atoms with E-state index in [1.165, 1.54) is 0 Å². The molecule has 0 atom stereocenters. The van der Waals surface area contributed by atoms with Gasteiger partial charge in [-0.1, -0.05) is 0 Å². The van der Waals surface area contributed by atoms with Gasteiger partial charge < -0.3 is 9.80 Å². The zero-order valence-corrected chi connectivity index (χ0v) is 8.68. The van der Waals surface area contributed by atoms with E-state index in [0.29, 0.717) is 11.9 Å². The van der Waals surface area contributed by atoms with Gasteiger partial charge in [-0.3, -0.25) is 5.21 Å². The fourth-order valence-corrected chi connectivity index (χ4v) is 0.804. The van der Waals surface area contributed by atoms with E-state index in [-0.39, 0.29) is 5.95 Å². The Kier molecular flexibility index (Phi) is 3.03. The molecule has 0 saturated carbocycles. The Balaban J connectivity index is 3.13. The highest BCUT2D eigenvalue weighted by Gasteiger charge is 2.08. The van der Waals surface area contributed by atoms with E-state index in [1.54, 1.807) is 9.80 Å². The number of hydrogen-bond acceptors (Lipinski definition) is 7. The summed E-state index contributed by atoms with van der Waals surface area (Å²) in [6, 6.07) is 0. The van der Waals surface area contributed by atoms with Crippen LogP contribution in [0.2, 0.25) is 0 Å². The largest absolute Gasteiger partial charge is 0.347 e. The molecule has 0 aliphatic heterocycles. The molecule has 2 N–H and O–H groups in total. The van der Waals surface area contributed by atoms with Crippen LogP contribution in [0.15, 0.2) is 0 Å². The summed E-state index contributed by atoms with van der Waals surface area (Å²) in [5, 5.41) is 8.71. The molecule has 0 bridgehead atoms. The molecule has 1 aromatic heterocycles. The third kappa shape index (κ3) is 2.19. The molecule has 0 spiro atoms. The highest BCUT2D eigenvalue weighted by atomic mass is 16.5. The van der Waals surface area contributed by atoms with Crippen LogP contribution in [-0.2, 0) is 0 Å². The second kappa shape index (κ2) is 4.05. The van der Waals surface area contributed by atoms with Crippen molar-refractivity contribution in [2.75, 3.05) is 43.5 Å². The highest BCUT2D eigenvalue weighted by Crippen LogP contribution is 2.12. The van der Waals surface area contributed by atoms with Crippen LogP contribution >= 0.6 is 0 Å². The van der Waals surface area contributed by atoms with Crippen LogP contribution in [0.3, 0.4) is 0 Å². The molecule has 14 heavy (non-hydrogen) atoms. The van der Waals surface area contributed by atoms with E-state index in [1.807, 2.05) is 33.7 Å². The van der Waals surface area contributed by atoms with Crippen LogP contribution in [0.1, 0.15) is 0 Å². The second-order valence-corrected chi connectivity index (χ2v) is 3.16. The summed E-state index contributed by atoms with van der Waals surface area (Å²) in [7, 11) is 7.26. The van der Waals surface area contributed by atoms with Gasteiger partial charge in [-0.05, 0) is 0 Å². The predicted molar refractivity (Wildman–Crippen MR) is 53.9 cm³/mol. The first-order valence-electron chi connectivity index (χ1n) is 4.05. The molecule has 0 radical (unpaired) electrons. The van der Waals surface area contributed by atoms with Crippen molar-refractivity contribution in [1.29, 1.82) is 0 Å². The van der Waals surface area contributed by atoms with E-state index in [2.05, 4.69) is 15.0 Å². The van der Waals surface area contributed by atoms with E-state index in [9.17, 15) is 0 Å². The maximum atomic E-state index is 8.71. The Labute approximate surface area is 82.4 Å². The molecule has 1 heterocycles. The van der Waals surface area contributed by atoms with E-state index in [0.717, 1.165) is 0 Å². The Hall–Kier alpha value is -1.63. The van der Waals surface area contributed by atoms with Crippen LogP contribution in [0.25, 0.3) is 0 Å². The Morgan fingerprint density at radius 1 is 0.929 bits per heavy atom. The smallest absolute Gasteiger partial charge is 0.253 e. The molecule has 1 rings (SSSR count). The minimum Gasteiger partial charge on any atom is -0.347 e. The van der Waals surface area contributed by atoms with Gasteiger partial charge in [0, 0.05) is 28.2 Å². The van der Waals surface area contributed by atoms with Crippen LogP contribution < -0.4 is 15.3 Å². The van der Waals surface area contributed by atoms with Gasteiger partial charge in [0.2, 0.25) is 11.9 Å². The van der Waals surface area contributed by atoms with Crippen molar-refractivity contribution in [1.82, 2.24) is 15.0 Å². The molecule has 7 nitrogen and oxygen atoms in total. The standard InChI is InChI=1S/C7H14N6O/c1-12(2)6-8-5(11-14)9-7(10-6)13(3)4/h14H,1-4H3,(H,8,9,10,11). The molecule has 78 valence electrons. The number of nitrogens with one attached hydrogen (secondary N) is 1. The topological polar surface area (TPSA) is 77.4 Å². The highest BCUT2D eigenvalue weighted by molar-refractivity contribution is 5.42. The zero-order chi connectivity index (χ0) is 10.7. The van der Waals surface area contributed by atoms with Crippen LogP contribution in [0.4, 0.5) is 17.8 Å². The summed E-state index contributed by atoms with van der Waals surface area (Å²) < 4.78 is 0. The van der Waals surface area contributed by atoms with Crippen LogP contribution in [0.5, 0.6) is 0 Å². The van der Waals surface area contributed by atoms with Crippen molar-refractivity contribution in [3.05, 3.63) is 0 Å². The number of aromatic nitrogens is 3. The third-order valence-electron chi connectivity index (χ3n) is 1.51. The van der Waals surface area contributed by atoms with Gasteiger partial charge in [0.25, 0.3) is 5.95 Å². The van der Waals surface area contributed by atoms with Gasteiger partial charge >= 0.3 is 0 Å². The van der Waals surface area contributed by atoms with Gasteiger partial charge in [-0.15, -0.1) is 0 Å². The van der Waals surface area contributed by atoms with Crippen LogP contribution in [-0.4, -0.2) is 48.3 Å². The fraction of sp³-hybridized carbons (Fsp3) is 0.571. The SMILES string of the molecule is CN(C)c1nc(NO)nc(N(C)C)n1. The number of rotatable bonds is 3. The van der Waals surface area contributed by atoms with Gasteiger partial charge in [0.05, 0.1) is 0 Å². The normalized spacial score (nSPS) is 9.79. The van der Waals surface area contributed by atoms with Crippen molar-refractivity contribution in [3.8, 4) is 0 Å². The molecular weight excluding hydrogens is 184 g/mol.